The molecule has 7 heteroatoms. The highest BCUT2D eigenvalue weighted by Crippen LogP contribution is 2.35. The summed E-state index contributed by atoms with van der Waals surface area (Å²) in [5.74, 6) is -0.286. The van der Waals surface area contributed by atoms with Crippen LogP contribution in [0.5, 0.6) is 0 Å². The molecule has 2 N–H and O–H groups in total. The van der Waals surface area contributed by atoms with Gasteiger partial charge in [-0.1, -0.05) is 56.2 Å². The Balaban J connectivity index is 3.44. The molecule has 0 unspecified atom stereocenters. The fourth-order valence-electron chi connectivity index (χ4n) is 2.32. The summed E-state index contributed by atoms with van der Waals surface area (Å²) < 4.78 is 19.7. The summed E-state index contributed by atoms with van der Waals surface area (Å²) >= 11 is 0. The summed E-state index contributed by atoms with van der Waals surface area (Å²) in [5.41, 5.74) is 0. The first kappa shape index (κ1) is 26.8. The van der Waals surface area contributed by atoms with Crippen LogP contribution < -0.4 is 0 Å². The van der Waals surface area contributed by atoms with Crippen LogP contribution in [-0.4, -0.2) is 29.0 Å². The van der Waals surface area contributed by atoms with E-state index in [0.29, 0.717) is 6.42 Å². The van der Waals surface area contributed by atoms with Crippen molar-refractivity contribution in [2.45, 2.75) is 77.6 Å². The van der Waals surface area contributed by atoms with Crippen molar-refractivity contribution in [1.82, 2.24) is 0 Å². The first-order chi connectivity index (χ1) is 13.5. The molecule has 0 aliphatic rings. The summed E-state index contributed by atoms with van der Waals surface area (Å²) in [4.78, 5) is 28.5. The van der Waals surface area contributed by atoms with Gasteiger partial charge in [0, 0.05) is 12.8 Å². The van der Waals surface area contributed by atoms with Crippen LogP contribution in [-0.2, 0) is 18.6 Å². The number of phosphoric ester groups is 1. The lowest BCUT2D eigenvalue weighted by atomic mass is 10.1. The maximum absolute atomic E-state index is 11.5. The molecule has 0 saturated carbocycles. The van der Waals surface area contributed by atoms with Crippen LogP contribution in [0.3, 0.4) is 0 Å². The fourth-order valence-corrected chi connectivity index (χ4v) is 2.69. The van der Waals surface area contributed by atoms with Gasteiger partial charge in [0.1, 0.15) is 0 Å². The molecule has 0 spiro atoms. The number of carbonyl (C=O) groups excluding carboxylic acids is 1. The largest absolute Gasteiger partial charge is 0.469 e. The molecule has 0 amide bonds. The molecule has 0 aliphatic carbocycles. The molecule has 0 aromatic rings. The van der Waals surface area contributed by atoms with Crippen molar-refractivity contribution in [1.29, 1.82) is 0 Å². The van der Waals surface area contributed by atoms with Gasteiger partial charge in [0.25, 0.3) is 0 Å². The summed E-state index contributed by atoms with van der Waals surface area (Å²) in [5, 5.41) is 0. The number of hydrogen-bond donors (Lipinski definition) is 2. The van der Waals surface area contributed by atoms with Gasteiger partial charge < -0.3 is 14.5 Å². The molecule has 0 saturated heterocycles. The minimum absolute atomic E-state index is 0.110. The third-order valence-electron chi connectivity index (χ3n) is 3.83. The SMILES string of the molecule is CCCCC/C=C\C/C=C\C/C=C\CCCCC(=O)OCCCOP(=O)(O)O. The Morgan fingerprint density at radius 1 is 0.821 bits per heavy atom. The second-order valence-electron chi connectivity index (χ2n) is 6.53. The minimum atomic E-state index is -4.43. The van der Waals surface area contributed by atoms with E-state index in [9.17, 15) is 9.36 Å². The normalized spacial score (nSPS) is 12.5. The third-order valence-corrected chi connectivity index (χ3v) is 4.35. The lowest BCUT2D eigenvalue weighted by molar-refractivity contribution is -0.144. The van der Waals surface area contributed by atoms with Crippen molar-refractivity contribution < 1.29 is 28.4 Å². The summed E-state index contributed by atoms with van der Waals surface area (Å²) in [6.45, 7) is 2.19. The highest BCUT2D eigenvalue weighted by atomic mass is 31.2. The molecule has 0 aromatic carbocycles. The number of ether oxygens (including phenoxy) is 1. The number of esters is 1. The van der Waals surface area contributed by atoms with Crippen LogP contribution in [0.2, 0.25) is 0 Å². The van der Waals surface area contributed by atoms with Crippen molar-refractivity contribution in [2.24, 2.45) is 0 Å². The summed E-state index contributed by atoms with van der Waals surface area (Å²) in [6.07, 6.45) is 23.3. The predicted molar refractivity (Wildman–Crippen MR) is 113 cm³/mol. The van der Waals surface area contributed by atoms with Crippen LogP contribution in [0.25, 0.3) is 0 Å². The number of carbonyl (C=O) groups is 1. The maximum atomic E-state index is 11.5. The number of phosphoric acid groups is 1. The van der Waals surface area contributed by atoms with E-state index >= 15 is 0 Å². The second kappa shape index (κ2) is 19.1. The highest BCUT2D eigenvalue weighted by molar-refractivity contribution is 7.46. The standard InChI is InChI=1S/C21H37O6P/c1-2-3-4-5-6-7-8-9-10-11-12-13-14-15-16-18-21(22)26-19-17-20-27-28(23,24)25/h6-7,9-10,12-13H,2-5,8,11,14-20H2,1H3,(H2,23,24,25)/b7-6-,10-9-,13-12-. The topological polar surface area (TPSA) is 93.1 Å². The molecule has 28 heavy (non-hydrogen) atoms. The van der Waals surface area contributed by atoms with Gasteiger partial charge in [-0.05, 0) is 44.9 Å². The molecule has 6 nitrogen and oxygen atoms in total. The minimum Gasteiger partial charge on any atom is -0.466 e. The molecule has 0 radical (unpaired) electrons. The van der Waals surface area contributed by atoms with Gasteiger partial charge in [-0.3, -0.25) is 9.32 Å². The zero-order chi connectivity index (χ0) is 20.9. The molecule has 0 aromatic heterocycles. The molecule has 0 aliphatic heterocycles. The average Bonchev–Trinajstić information content (AvgIpc) is 2.63. The Labute approximate surface area is 169 Å². The van der Waals surface area contributed by atoms with Gasteiger partial charge in [0.05, 0.1) is 13.2 Å². The monoisotopic (exact) mass is 416 g/mol. The van der Waals surface area contributed by atoms with Gasteiger partial charge >= 0.3 is 13.8 Å². The van der Waals surface area contributed by atoms with Gasteiger partial charge in [0.2, 0.25) is 0 Å². The molecule has 0 atom stereocenters. The van der Waals surface area contributed by atoms with E-state index < -0.39 is 7.82 Å². The van der Waals surface area contributed by atoms with Crippen molar-refractivity contribution in [3.63, 3.8) is 0 Å². The quantitative estimate of drug-likeness (QED) is 0.130. The Morgan fingerprint density at radius 2 is 1.39 bits per heavy atom. The summed E-state index contributed by atoms with van der Waals surface area (Å²) in [7, 11) is -4.43. The zero-order valence-corrected chi connectivity index (χ0v) is 18.0. The number of rotatable bonds is 18. The van der Waals surface area contributed by atoms with Crippen LogP contribution in [0.1, 0.15) is 77.6 Å². The average molecular weight is 416 g/mol. The number of allylic oxidation sites excluding steroid dienone is 6. The molecule has 0 heterocycles. The molecular weight excluding hydrogens is 379 g/mol. The molecule has 0 fully saturated rings. The van der Waals surface area contributed by atoms with Crippen LogP contribution in [0.4, 0.5) is 0 Å². The molecule has 0 bridgehead atoms. The fraction of sp³-hybridized carbons (Fsp3) is 0.667. The lowest BCUT2D eigenvalue weighted by Gasteiger charge is -2.06. The van der Waals surface area contributed by atoms with Crippen molar-refractivity contribution in [2.75, 3.05) is 13.2 Å². The Kier molecular flexibility index (Phi) is 18.3. The van der Waals surface area contributed by atoms with Crippen LogP contribution >= 0.6 is 7.82 Å². The van der Waals surface area contributed by atoms with Crippen LogP contribution in [0, 0.1) is 0 Å². The van der Waals surface area contributed by atoms with Gasteiger partial charge in [-0.25, -0.2) is 4.57 Å². The molecular formula is C21H37O6P. The van der Waals surface area contributed by atoms with E-state index in [0.717, 1.165) is 32.1 Å². The molecule has 162 valence electrons. The van der Waals surface area contributed by atoms with Crippen LogP contribution in [0.15, 0.2) is 36.5 Å². The Hall–Kier alpha value is -1.20. The Bertz CT molecular complexity index is 507. The van der Waals surface area contributed by atoms with E-state index in [1.54, 1.807) is 0 Å². The van der Waals surface area contributed by atoms with Crippen molar-refractivity contribution in [3.8, 4) is 0 Å². The predicted octanol–water partition coefficient (Wildman–Crippen LogP) is 5.62. The Morgan fingerprint density at radius 3 is 1.96 bits per heavy atom. The van der Waals surface area contributed by atoms with Gasteiger partial charge in [-0.15, -0.1) is 0 Å². The van der Waals surface area contributed by atoms with E-state index in [1.165, 1.54) is 25.7 Å². The highest BCUT2D eigenvalue weighted by Gasteiger charge is 2.12. The molecule has 0 rings (SSSR count). The number of unbranched alkanes of at least 4 members (excludes halogenated alkanes) is 5. The third kappa shape index (κ3) is 22.8. The number of hydrogen-bond acceptors (Lipinski definition) is 4. The van der Waals surface area contributed by atoms with Gasteiger partial charge in [0.15, 0.2) is 0 Å². The first-order valence-corrected chi connectivity index (χ1v) is 11.8. The lowest BCUT2D eigenvalue weighted by Crippen LogP contribution is -2.07. The summed E-state index contributed by atoms with van der Waals surface area (Å²) in [6, 6.07) is 0. The smallest absolute Gasteiger partial charge is 0.466 e. The van der Waals surface area contributed by atoms with E-state index in [1.807, 2.05) is 0 Å². The van der Waals surface area contributed by atoms with E-state index in [-0.39, 0.29) is 25.6 Å². The van der Waals surface area contributed by atoms with E-state index in [4.69, 9.17) is 14.5 Å². The van der Waals surface area contributed by atoms with Crippen molar-refractivity contribution in [3.05, 3.63) is 36.5 Å². The first-order valence-electron chi connectivity index (χ1n) is 10.3. The van der Waals surface area contributed by atoms with Crippen molar-refractivity contribution >= 4 is 13.8 Å². The zero-order valence-electron chi connectivity index (χ0n) is 17.1. The van der Waals surface area contributed by atoms with E-state index in [2.05, 4.69) is 47.9 Å². The maximum Gasteiger partial charge on any atom is 0.469 e. The van der Waals surface area contributed by atoms with Gasteiger partial charge in [-0.2, -0.15) is 0 Å². The second-order valence-corrected chi connectivity index (χ2v) is 7.76.